The lowest BCUT2D eigenvalue weighted by atomic mass is 9.80. The SMILES string of the molecule is N#CC(c1ccc(Cl)cc1)C(CCO)c1ccccc1. The Morgan fingerprint density at radius 2 is 1.65 bits per heavy atom. The molecule has 0 saturated heterocycles. The van der Waals surface area contributed by atoms with Crippen molar-refractivity contribution in [3.05, 3.63) is 70.7 Å². The van der Waals surface area contributed by atoms with E-state index in [2.05, 4.69) is 6.07 Å². The van der Waals surface area contributed by atoms with Gasteiger partial charge in [0.05, 0.1) is 12.0 Å². The van der Waals surface area contributed by atoms with Crippen molar-refractivity contribution in [2.75, 3.05) is 6.61 Å². The van der Waals surface area contributed by atoms with Crippen molar-refractivity contribution in [1.29, 1.82) is 5.26 Å². The average Bonchev–Trinajstić information content (AvgIpc) is 2.50. The van der Waals surface area contributed by atoms with E-state index in [1.807, 2.05) is 42.5 Å². The van der Waals surface area contributed by atoms with Gasteiger partial charge in [0, 0.05) is 17.5 Å². The van der Waals surface area contributed by atoms with Gasteiger partial charge in [-0.2, -0.15) is 5.26 Å². The Morgan fingerprint density at radius 3 is 2.20 bits per heavy atom. The van der Waals surface area contributed by atoms with Crippen LogP contribution in [0.3, 0.4) is 0 Å². The Labute approximate surface area is 124 Å². The van der Waals surface area contributed by atoms with Crippen LogP contribution < -0.4 is 0 Å². The number of nitrogens with zero attached hydrogens (tertiary/aromatic N) is 1. The first-order valence-corrected chi connectivity index (χ1v) is 6.95. The molecular formula is C17H16ClNO. The Morgan fingerprint density at radius 1 is 1.00 bits per heavy atom. The van der Waals surface area contributed by atoms with Crippen LogP contribution in [0.5, 0.6) is 0 Å². The standard InChI is InChI=1S/C17H16ClNO/c18-15-8-6-14(7-9-15)17(12-19)16(10-11-20)13-4-2-1-3-5-13/h1-9,16-17,20H,10-11H2. The van der Waals surface area contributed by atoms with Crippen LogP contribution in [0, 0.1) is 11.3 Å². The summed E-state index contributed by atoms with van der Waals surface area (Å²) in [4.78, 5) is 0. The maximum Gasteiger partial charge on any atom is 0.0782 e. The Kier molecular flexibility index (Phi) is 5.17. The minimum absolute atomic E-state index is 0.0209. The molecule has 2 unspecified atom stereocenters. The highest BCUT2D eigenvalue weighted by Crippen LogP contribution is 2.35. The predicted molar refractivity (Wildman–Crippen MR) is 80.7 cm³/mol. The summed E-state index contributed by atoms with van der Waals surface area (Å²) in [5.41, 5.74) is 2.00. The summed E-state index contributed by atoms with van der Waals surface area (Å²) in [6.45, 7) is 0.0608. The quantitative estimate of drug-likeness (QED) is 0.898. The molecule has 0 heterocycles. The molecule has 0 saturated carbocycles. The molecule has 0 bridgehead atoms. The second-order valence-electron chi connectivity index (χ2n) is 4.69. The van der Waals surface area contributed by atoms with Crippen LogP contribution in [0.2, 0.25) is 5.02 Å². The van der Waals surface area contributed by atoms with Crippen LogP contribution in [0.1, 0.15) is 29.4 Å². The minimum atomic E-state index is -0.290. The molecule has 2 rings (SSSR count). The number of aliphatic hydroxyl groups is 1. The molecule has 0 radical (unpaired) electrons. The Hall–Kier alpha value is -1.82. The summed E-state index contributed by atoms with van der Waals surface area (Å²) in [6.07, 6.45) is 0.560. The van der Waals surface area contributed by atoms with Crippen LogP contribution in [0.15, 0.2) is 54.6 Å². The maximum atomic E-state index is 9.54. The fourth-order valence-corrected chi connectivity index (χ4v) is 2.56. The van der Waals surface area contributed by atoms with Crippen LogP contribution in [-0.2, 0) is 0 Å². The molecule has 0 spiro atoms. The zero-order valence-electron chi connectivity index (χ0n) is 11.0. The maximum absolute atomic E-state index is 9.54. The lowest BCUT2D eigenvalue weighted by Crippen LogP contribution is -2.11. The van der Waals surface area contributed by atoms with E-state index >= 15 is 0 Å². The molecule has 2 aromatic carbocycles. The lowest BCUT2D eigenvalue weighted by molar-refractivity contribution is 0.272. The number of benzene rings is 2. The zero-order valence-corrected chi connectivity index (χ0v) is 11.8. The van der Waals surface area contributed by atoms with Gasteiger partial charge in [0.1, 0.15) is 0 Å². The van der Waals surface area contributed by atoms with Gasteiger partial charge in [0.25, 0.3) is 0 Å². The van der Waals surface area contributed by atoms with Crippen molar-refractivity contribution in [2.45, 2.75) is 18.3 Å². The number of halogens is 1. The molecular weight excluding hydrogens is 270 g/mol. The molecule has 0 aliphatic carbocycles. The molecule has 0 fully saturated rings. The molecule has 1 N–H and O–H groups in total. The summed E-state index contributed by atoms with van der Waals surface area (Å²) in [5, 5.41) is 19.5. The van der Waals surface area contributed by atoms with Crippen LogP contribution in [0.4, 0.5) is 0 Å². The topological polar surface area (TPSA) is 44.0 Å². The van der Waals surface area contributed by atoms with E-state index in [0.717, 1.165) is 11.1 Å². The second-order valence-corrected chi connectivity index (χ2v) is 5.12. The van der Waals surface area contributed by atoms with Crippen LogP contribution in [0.25, 0.3) is 0 Å². The highest BCUT2D eigenvalue weighted by atomic mass is 35.5. The van der Waals surface area contributed by atoms with E-state index in [4.69, 9.17) is 11.6 Å². The summed E-state index contributed by atoms with van der Waals surface area (Å²) < 4.78 is 0. The molecule has 2 nitrogen and oxygen atoms in total. The highest BCUT2D eigenvalue weighted by molar-refractivity contribution is 6.30. The van der Waals surface area contributed by atoms with Gasteiger partial charge in [0.15, 0.2) is 0 Å². The highest BCUT2D eigenvalue weighted by Gasteiger charge is 2.24. The van der Waals surface area contributed by atoms with Gasteiger partial charge in [-0.1, -0.05) is 54.1 Å². The first-order valence-electron chi connectivity index (χ1n) is 6.57. The summed E-state index contributed by atoms with van der Waals surface area (Å²) in [7, 11) is 0. The molecule has 0 aromatic heterocycles. The molecule has 0 aliphatic heterocycles. The van der Waals surface area contributed by atoms with E-state index in [0.29, 0.717) is 11.4 Å². The molecule has 2 atom stereocenters. The molecule has 0 aliphatic rings. The summed E-state index contributed by atoms with van der Waals surface area (Å²) in [6, 6.07) is 19.6. The van der Waals surface area contributed by atoms with Gasteiger partial charge in [-0.05, 0) is 29.7 Å². The molecule has 2 aromatic rings. The van der Waals surface area contributed by atoms with Gasteiger partial charge >= 0.3 is 0 Å². The van der Waals surface area contributed by atoms with Crippen molar-refractivity contribution in [3.63, 3.8) is 0 Å². The van der Waals surface area contributed by atoms with Crippen molar-refractivity contribution < 1.29 is 5.11 Å². The van der Waals surface area contributed by atoms with E-state index in [9.17, 15) is 10.4 Å². The summed E-state index contributed by atoms with van der Waals surface area (Å²) >= 11 is 5.89. The van der Waals surface area contributed by atoms with Gasteiger partial charge in [0.2, 0.25) is 0 Å². The van der Waals surface area contributed by atoms with Crippen molar-refractivity contribution >= 4 is 11.6 Å². The Balaban J connectivity index is 2.36. The van der Waals surface area contributed by atoms with Crippen LogP contribution >= 0.6 is 11.6 Å². The monoisotopic (exact) mass is 285 g/mol. The molecule has 3 heteroatoms. The number of hydrogen-bond donors (Lipinski definition) is 1. The third-order valence-electron chi connectivity index (χ3n) is 3.44. The Bertz CT molecular complexity index is 574. The number of nitriles is 1. The van der Waals surface area contributed by atoms with E-state index in [1.54, 1.807) is 12.1 Å². The largest absolute Gasteiger partial charge is 0.396 e. The second kappa shape index (κ2) is 7.09. The first kappa shape index (κ1) is 14.6. The zero-order chi connectivity index (χ0) is 14.4. The fraction of sp³-hybridized carbons (Fsp3) is 0.235. The fourth-order valence-electron chi connectivity index (χ4n) is 2.43. The minimum Gasteiger partial charge on any atom is -0.396 e. The third-order valence-corrected chi connectivity index (χ3v) is 3.69. The average molecular weight is 286 g/mol. The van der Waals surface area contributed by atoms with Gasteiger partial charge < -0.3 is 5.11 Å². The first-order chi connectivity index (χ1) is 9.76. The number of aliphatic hydroxyl groups excluding tert-OH is 1. The molecule has 0 amide bonds. The summed E-state index contributed by atoms with van der Waals surface area (Å²) in [5.74, 6) is -0.311. The van der Waals surface area contributed by atoms with Gasteiger partial charge in [-0.3, -0.25) is 0 Å². The van der Waals surface area contributed by atoms with E-state index < -0.39 is 0 Å². The smallest absolute Gasteiger partial charge is 0.0782 e. The van der Waals surface area contributed by atoms with E-state index in [1.165, 1.54) is 0 Å². The van der Waals surface area contributed by atoms with E-state index in [-0.39, 0.29) is 18.4 Å². The predicted octanol–water partition coefficient (Wildman–Crippen LogP) is 4.11. The number of hydrogen-bond acceptors (Lipinski definition) is 2. The number of rotatable bonds is 5. The van der Waals surface area contributed by atoms with Gasteiger partial charge in [-0.25, -0.2) is 0 Å². The van der Waals surface area contributed by atoms with Crippen LogP contribution in [-0.4, -0.2) is 11.7 Å². The third kappa shape index (κ3) is 3.39. The van der Waals surface area contributed by atoms with Crippen molar-refractivity contribution in [1.82, 2.24) is 0 Å². The molecule has 20 heavy (non-hydrogen) atoms. The molecule has 102 valence electrons. The van der Waals surface area contributed by atoms with Crippen molar-refractivity contribution in [2.24, 2.45) is 0 Å². The normalized spacial score (nSPS) is 13.4. The lowest BCUT2D eigenvalue weighted by Gasteiger charge is -2.22. The van der Waals surface area contributed by atoms with Gasteiger partial charge in [-0.15, -0.1) is 0 Å². The van der Waals surface area contributed by atoms with Crippen molar-refractivity contribution in [3.8, 4) is 6.07 Å².